The average Bonchev–Trinajstić information content (AvgIpc) is 3.25. The van der Waals surface area contributed by atoms with Crippen LogP contribution in [0, 0.1) is 0 Å². The Morgan fingerprint density at radius 2 is 1.97 bits per heavy atom. The van der Waals surface area contributed by atoms with Crippen molar-refractivity contribution < 1.29 is 19.0 Å². The summed E-state index contributed by atoms with van der Waals surface area (Å²) in [6.07, 6.45) is 1.78. The van der Waals surface area contributed by atoms with Gasteiger partial charge in [-0.25, -0.2) is 0 Å². The summed E-state index contributed by atoms with van der Waals surface area (Å²) in [5.74, 6) is 3.04. The molecule has 1 atom stereocenters. The number of nitrogens with one attached hydrogen (secondary N) is 1. The second-order valence-corrected chi connectivity index (χ2v) is 8.36. The van der Waals surface area contributed by atoms with Crippen LogP contribution in [0.4, 0.5) is 0 Å². The minimum atomic E-state index is -0.171. The van der Waals surface area contributed by atoms with Crippen molar-refractivity contribution in [2.24, 2.45) is 0 Å². The molecule has 8 nitrogen and oxygen atoms in total. The minimum absolute atomic E-state index is 0.0958. The molecule has 0 spiro atoms. The second kappa shape index (κ2) is 10.4. The highest BCUT2D eigenvalue weighted by molar-refractivity contribution is 7.99. The van der Waals surface area contributed by atoms with Crippen LogP contribution in [-0.4, -0.2) is 46.7 Å². The molecule has 2 heterocycles. The number of amides is 1. The van der Waals surface area contributed by atoms with E-state index in [1.165, 1.54) is 11.8 Å². The summed E-state index contributed by atoms with van der Waals surface area (Å²) in [5, 5.41) is 12.3. The highest BCUT2D eigenvalue weighted by Crippen LogP contribution is 2.32. The SMILES string of the molecule is C=CCn1c(SCC(=O)NC(C)c2ccc3c(c2)OCCO3)nnc1-c1ccc(OC)cc1. The first kappa shape index (κ1) is 22.7. The van der Waals surface area contributed by atoms with E-state index in [0.717, 1.165) is 22.6 Å². The number of fused-ring (bicyclic) bond motifs is 1. The van der Waals surface area contributed by atoms with Crippen LogP contribution in [0.2, 0.25) is 0 Å². The van der Waals surface area contributed by atoms with E-state index in [4.69, 9.17) is 14.2 Å². The summed E-state index contributed by atoms with van der Waals surface area (Å²) < 4.78 is 18.4. The van der Waals surface area contributed by atoms with E-state index in [9.17, 15) is 4.79 Å². The largest absolute Gasteiger partial charge is 0.497 e. The van der Waals surface area contributed by atoms with Crippen LogP contribution in [0.3, 0.4) is 0 Å². The molecule has 1 aliphatic rings. The zero-order valence-corrected chi connectivity index (χ0v) is 19.4. The van der Waals surface area contributed by atoms with Gasteiger partial charge in [-0.2, -0.15) is 0 Å². The van der Waals surface area contributed by atoms with Crippen molar-refractivity contribution in [3.63, 3.8) is 0 Å². The Bertz CT molecular complexity index is 1130. The number of carbonyl (C=O) groups is 1. The van der Waals surface area contributed by atoms with Crippen LogP contribution < -0.4 is 19.5 Å². The Morgan fingerprint density at radius 3 is 2.70 bits per heavy atom. The summed E-state index contributed by atoms with van der Waals surface area (Å²) in [6, 6.07) is 13.2. The molecule has 1 aromatic heterocycles. The topological polar surface area (TPSA) is 87.5 Å². The molecule has 0 aliphatic carbocycles. The highest BCUT2D eigenvalue weighted by atomic mass is 32.2. The second-order valence-electron chi connectivity index (χ2n) is 7.41. The van der Waals surface area contributed by atoms with Crippen molar-refractivity contribution in [2.45, 2.75) is 24.7 Å². The van der Waals surface area contributed by atoms with Crippen molar-refractivity contribution in [3.05, 3.63) is 60.7 Å². The standard InChI is InChI=1S/C24H26N4O4S/c1-4-11-28-23(17-5-8-19(30-3)9-6-17)26-27-24(28)33-15-22(29)25-16(2)18-7-10-20-21(14-18)32-13-12-31-20/h4-10,14,16H,1,11-13,15H2,2-3H3,(H,25,29). The lowest BCUT2D eigenvalue weighted by Gasteiger charge is -2.21. The van der Waals surface area contributed by atoms with Gasteiger partial charge in [-0.15, -0.1) is 16.8 Å². The smallest absolute Gasteiger partial charge is 0.230 e. The first-order valence-corrected chi connectivity index (χ1v) is 11.6. The molecule has 0 bridgehead atoms. The van der Waals surface area contributed by atoms with E-state index in [-0.39, 0.29) is 17.7 Å². The number of aromatic nitrogens is 3. The van der Waals surface area contributed by atoms with Gasteiger partial charge in [0.05, 0.1) is 18.9 Å². The molecule has 0 fully saturated rings. The van der Waals surface area contributed by atoms with Crippen molar-refractivity contribution in [1.82, 2.24) is 20.1 Å². The quantitative estimate of drug-likeness (QED) is 0.378. The third kappa shape index (κ3) is 5.31. The summed E-state index contributed by atoms with van der Waals surface area (Å²) >= 11 is 1.34. The monoisotopic (exact) mass is 466 g/mol. The number of hydrogen-bond donors (Lipinski definition) is 1. The number of nitrogens with zero attached hydrogens (tertiary/aromatic N) is 3. The minimum Gasteiger partial charge on any atom is -0.497 e. The van der Waals surface area contributed by atoms with E-state index in [1.54, 1.807) is 13.2 Å². The molecule has 1 N–H and O–H groups in total. The van der Waals surface area contributed by atoms with Gasteiger partial charge in [0.25, 0.3) is 0 Å². The number of allylic oxidation sites excluding steroid dienone is 1. The molecule has 33 heavy (non-hydrogen) atoms. The van der Waals surface area contributed by atoms with Crippen molar-refractivity contribution >= 4 is 17.7 Å². The van der Waals surface area contributed by atoms with E-state index >= 15 is 0 Å². The molecule has 1 unspecified atom stereocenters. The average molecular weight is 467 g/mol. The van der Waals surface area contributed by atoms with E-state index in [1.807, 2.05) is 54.0 Å². The molecular formula is C24H26N4O4S. The van der Waals surface area contributed by atoms with Crippen molar-refractivity contribution in [3.8, 4) is 28.6 Å². The molecule has 1 amide bonds. The van der Waals surface area contributed by atoms with Gasteiger partial charge in [-0.3, -0.25) is 9.36 Å². The third-order valence-corrected chi connectivity index (χ3v) is 6.12. The van der Waals surface area contributed by atoms with Gasteiger partial charge in [-0.1, -0.05) is 23.9 Å². The van der Waals surface area contributed by atoms with E-state index in [2.05, 4.69) is 22.1 Å². The maximum Gasteiger partial charge on any atom is 0.230 e. The fourth-order valence-corrected chi connectivity index (χ4v) is 4.23. The third-order valence-electron chi connectivity index (χ3n) is 5.15. The van der Waals surface area contributed by atoms with Crippen molar-refractivity contribution in [1.29, 1.82) is 0 Å². The number of rotatable bonds is 9. The summed E-state index contributed by atoms with van der Waals surface area (Å²) in [7, 11) is 1.63. The molecule has 4 rings (SSSR count). The molecule has 0 saturated heterocycles. The normalized spacial score (nSPS) is 13.3. The van der Waals surface area contributed by atoms with Crippen LogP contribution >= 0.6 is 11.8 Å². The Kier molecular flexibility index (Phi) is 7.19. The first-order valence-electron chi connectivity index (χ1n) is 10.6. The lowest BCUT2D eigenvalue weighted by Crippen LogP contribution is -2.28. The molecule has 9 heteroatoms. The Morgan fingerprint density at radius 1 is 1.21 bits per heavy atom. The van der Waals surface area contributed by atoms with Crippen LogP contribution in [0.1, 0.15) is 18.5 Å². The van der Waals surface area contributed by atoms with Crippen LogP contribution in [-0.2, 0) is 11.3 Å². The Balaban J connectivity index is 1.40. The fraction of sp³-hybridized carbons (Fsp3) is 0.292. The Hall–Kier alpha value is -3.46. The molecule has 1 aliphatic heterocycles. The first-order chi connectivity index (χ1) is 16.1. The van der Waals surface area contributed by atoms with Gasteiger partial charge in [0.1, 0.15) is 19.0 Å². The molecule has 3 aromatic rings. The van der Waals surface area contributed by atoms with Crippen LogP contribution in [0.15, 0.2) is 60.3 Å². The number of thioether (sulfide) groups is 1. The lowest BCUT2D eigenvalue weighted by molar-refractivity contribution is -0.119. The van der Waals surface area contributed by atoms with Gasteiger partial charge >= 0.3 is 0 Å². The van der Waals surface area contributed by atoms with Crippen LogP contribution in [0.25, 0.3) is 11.4 Å². The maximum atomic E-state index is 12.6. The summed E-state index contributed by atoms with van der Waals surface area (Å²) in [6.45, 7) is 7.38. The van der Waals surface area contributed by atoms with E-state index in [0.29, 0.717) is 36.5 Å². The summed E-state index contributed by atoms with van der Waals surface area (Å²) in [5.41, 5.74) is 1.86. The Labute approximate surface area is 197 Å². The number of benzene rings is 2. The fourth-order valence-electron chi connectivity index (χ4n) is 3.47. The predicted octanol–water partition coefficient (Wildman–Crippen LogP) is 3.88. The molecule has 2 aromatic carbocycles. The molecule has 0 saturated carbocycles. The molecule has 0 radical (unpaired) electrons. The van der Waals surface area contributed by atoms with Gasteiger partial charge in [-0.05, 0) is 48.9 Å². The number of ether oxygens (including phenoxy) is 3. The molecular weight excluding hydrogens is 440 g/mol. The van der Waals surface area contributed by atoms with E-state index < -0.39 is 0 Å². The maximum absolute atomic E-state index is 12.6. The van der Waals surface area contributed by atoms with Gasteiger partial charge < -0.3 is 19.5 Å². The van der Waals surface area contributed by atoms with Gasteiger partial charge in [0.15, 0.2) is 22.5 Å². The number of methoxy groups -OCH3 is 1. The lowest BCUT2D eigenvalue weighted by atomic mass is 10.1. The predicted molar refractivity (Wildman–Crippen MR) is 127 cm³/mol. The van der Waals surface area contributed by atoms with Gasteiger partial charge in [0.2, 0.25) is 5.91 Å². The van der Waals surface area contributed by atoms with Crippen molar-refractivity contribution in [2.75, 3.05) is 26.1 Å². The van der Waals surface area contributed by atoms with Crippen LogP contribution in [0.5, 0.6) is 17.2 Å². The highest BCUT2D eigenvalue weighted by Gasteiger charge is 2.18. The zero-order valence-electron chi connectivity index (χ0n) is 18.6. The summed E-state index contributed by atoms with van der Waals surface area (Å²) in [4.78, 5) is 12.6. The zero-order chi connectivity index (χ0) is 23.2. The molecule has 172 valence electrons. The van der Waals surface area contributed by atoms with Gasteiger partial charge in [0, 0.05) is 12.1 Å². The number of carbonyl (C=O) groups excluding carboxylic acids is 1. The number of hydrogen-bond acceptors (Lipinski definition) is 7.